The normalized spacial score (nSPS) is 23.6. The highest BCUT2D eigenvalue weighted by atomic mass is 19.4. The molecule has 28 heavy (non-hydrogen) atoms. The monoisotopic (exact) mass is 395 g/mol. The van der Waals surface area contributed by atoms with Crippen LogP contribution in [-0.4, -0.2) is 34.0 Å². The molecule has 2 aromatic rings. The molecule has 0 bridgehead atoms. The molecule has 4 rings (SSSR count). The first-order chi connectivity index (χ1) is 13.2. The molecule has 0 unspecified atom stereocenters. The van der Waals surface area contributed by atoms with E-state index in [-0.39, 0.29) is 34.8 Å². The molecule has 3 heterocycles. The van der Waals surface area contributed by atoms with Crippen molar-refractivity contribution in [3.63, 3.8) is 0 Å². The summed E-state index contributed by atoms with van der Waals surface area (Å²) in [6, 6.07) is 1.11. The zero-order valence-corrected chi connectivity index (χ0v) is 16.2. The molecule has 1 saturated heterocycles. The van der Waals surface area contributed by atoms with E-state index in [1.54, 1.807) is 13.8 Å². The van der Waals surface area contributed by atoms with Crippen molar-refractivity contribution >= 4 is 17.0 Å². The van der Waals surface area contributed by atoms with E-state index in [9.17, 15) is 18.0 Å². The van der Waals surface area contributed by atoms with Gasteiger partial charge in [-0.05, 0) is 37.2 Å². The second-order valence-corrected chi connectivity index (χ2v) is 8.41. The largest absolute Gasteiger partial charge is 0.417 e. The Bertz CT molecular complexity index is 898. The Kier molecular flexibility index (Phi) is 4.62. The molecule has 1 saturated carbocycles. The molecular weight excluding hydrogens is 371 g/mol. The number of hydrogen-bond acceptors (Lipinski definition) is 4. The molecule has 8 heteroatoms. The summed E-state index contributed by atoms with van der Waals surface area (Å²) >= 11 is 0. The topological polar surface area (TPSA) is 59.2 Å². The molecule has 0 spiro atoms. The second-order valence-electron chi connectivity index (χ2n) is 8.41. The SMILES string of the molecule is CC(C)c1cc(C(F)(F)F)c2c(C3CCN(C(=O)[C@H]4C[C@H]4C)CC3)noc2n1. The van der Waals surface area contributed by atoms with E-state index in [0.717, 1.165) is 12.5 Å². The van der Waals surface area contributed by atoms with Crippen molar-refractivity contribution in [1.82, 2.24) is 15.0 Å². The van der Waals surface area contributed by atoms with Gasteiger partial charge in [0.25, 0.3) is 5.71 Å². The maximum Gasteiger partial charge on any atom is 0.417 e. The predicted molar refractivity (Wildman–Crippen MR) is 96.7 cm³/mol. The van der Waals surface area contributed by atoms with Gasteiger partial charge in [0.05, 0.1) is 16.6 Å². The molecule has 1 aliphatic heterocycles. The number of likely N-dealkylation sites (tertiary alicyclic amines) is 1. The summed E-state index contributed by atoms with van der Waals surface area (Å²) in [5, 5.41) is 3.95. The maximum atomic E-state index is 13.7. The van der Waals surface area contributed by atoms with Crippen LogP contribution in [-0.2, 0) is 11.0 Å². The number of rotatable bonds is 3. The first-order valence-electron chi connectivity index (χ1n) is 9.83. The Morgan fingerprint density at radius 2 is 1.93 bits per heavy atom. The van der Waals surface area contributed by atoms with Crippen molar-refractivity contribution in [2.75, 3.05) is 13.1 Å². The van der Waals surface area contributed by atoms with Gasteiger partial charge in [-0.1, -0.05) is 25.9 Å². The van der Waals surface area contributed by atoms with E-state index < -0.39 is 11.7 Å². The van der Waals surface area contributed by atoms with Crippen LogP contribution in [0.15, 0.2) is 10.6 Å². The summed E-state index contributed by atoms with van der Waals surface area (Å²) in [7, 11) is 0. The molecule has 2 atom stereocenters. The molecule has 5 nitrogen and oxygen atoms in total. The van der Waals surface area contributed by atoms with Crippen LogP contribution in [0.4, 0.5) is 13.2 Å². The lowest BCUT2D eigenvalue weighted by Gasteiger charge is -2.31. The van der Waals surface area contributed by atoms with Crippen LogP contribution in [0.1, 0.15) is 68.8 Å². The lowest BCUT2D eigenvalue weighted by Crippen LogP contribution is -2.39. The van der Waals surface area contributed by atoms with Gasteiger partial charge in [-0.15, -0.1) is 0 Å². The number of aromatic nitrogens is 2. The average Bonchev–Trinajstić information content (AvgIpc) is 3.22. The number of pyridine rings is 1. The maximum absolute atomic E-state index is 13.7. The molecule has 2 fully saturated rings. The summed E-state index contributed by atoms with van der Waals surface area (Å²) in [6.45, 7) is 6.73. The zero-order chi connectivity index (χ0) is 20.2. The highest BCUT2D eigenvalue weighted by Crippen LogP contribution is 2.43. The van der Waals surface area contributed by atoms with Crippen molar-refractivity contribution < 1.29 is 22.5 Å². The van der Waals surface area contributed by atoms with E-state index in [2.05, 4.69) is 17.1 Å². The zero-order valence-electron chi connectivity index (χ0n) is 16.2. The fourth-order valence-corrected chi connectivity index (χ4v) is 4.06. The van der Waals surface area contributed by atoms with Crippen molar-refractivity contribution in [3.05, 3.63) is 23.0 Å². The van der Waals surface area contributed by atoms with Crippen LogP contribution in [0.2, 0.25) is 0 Å². The molecule has 0 radical (unpaired) electrons. The van der Waals surface area contributed by atoms with Crippen LogP contribution >= 0.6 is 0 Å². The van der Waals surface area contributed by atoms with Crippen LogP contribution in [0, 0.1) is 11.8 Å². The van der Waals surface area contributed by atoms with Crippen LogP contribution in [0.3, 0.4) is 0 Å². The minimum atomic E-state index is -4.51. The van der Waals surface area contributed by atoms with Gasteiger partial charge in [0, 0.05) is 30.6 Å². The Balaban J connectivity index is 1.62. The molecule has 0 aromatic carbocycles. The first-order valence-corrected chi connectivity index (χ1v) is 9.83. The molecule has 0 N–H and O–H groups in total. The van der Waals surface area contributed by atoms with E-state index in [4.69, 9.17) is 4.52 Å². The Hall–Kier alpha value is -2.12. The van der Waals surface area contributed by atoms with Crippen molar-refractivity contribution in [1.29, 1.82) is 0 Å². The van der Waals surface area contributed by atoms with Crippen molar-refractivity contribution in [2.24, 2.45) is 11.8 Å². The third-order valence-electron chi connectivity index (χ3n) is 6.01. The van der Waals surface area contributed by atoms with E-state index in [1.807, 2.05) is 4.90 Å². The van der Waals surface area contributed by atoms with Gasteiger partial charge in [0.1, 0.15) is 0 Å². The number of carbonyl (C=O) groups is 1. The number of nitrogens with zero attached hydrogens (tertiary/aromatic N) is 3. The van der Waals surface area contributed by atoms with Crippen LogP contribution in [0.25, 0.3) is 11.1 Å². The molecule has 152 valence electrons. The molecule has 1 amide bonds. The molecule has 1 aliphatic carbocycles. The minimum Gasteiger partial charge on any atom is -0.342 e. The predicted octanol–water partition coefficient (Wildman–Crippen LogP) is 4.73. The third-order valence-corrected chi connectivity index (χ3v) is 6.01. The molecule has 2 aromatic heterocycles. The van der Waals surface area contributed by atoms with Gasteiger partial charge in [-0.3, -0.25) is 4.79 Å². The number of piperidine rings is 1. The van der Waals surface area contributed by atoms with Gasteiger partial charge < -0.3 is 9.42 Å². The van der Waals surface area contributed by atoms with Gasteiger partial charge in [-0.2, -0.15) is 13.2 Å². The lowest BCUT2D eigenvalue weighted by molar-refractivity contribution is -0.136. The smallest absolute Gasteiger partial charge is 0.342 e. The molecule has 2 aliphatic rings. The highest BCUT2D eigenvalue weighted by molar-refractivity contribution is 5.83. The summed E-state index contributed by atoms with van der Waals surface area (Å²) < 4.78 is 46.4. The number of hydrogen-bond donors (Lipinski definition) is 0. The summed E-state index contributed by atoms with van der Waals surface area (Å²) in [4.78, 5) is 18.5. The number of fused-ring (bicyclic) bond motifs is 1. The van der Waals surface area contributed by atoms with Crippen LogP contribution in [0.5, 0.6) is 0 Å². The quantitative estimate of drug-likeness (QED) is 0.754. The minimum absolute atomic E-state index is 0.0301. The van der Waals surface area contributed by atoms with E-state index >= 15 is 0 Å². The average molecular weight is 395 g/mol. The van der Waals surface area contributed by atoms with Gasteiger partial charge >= 0.3 is 6.18 Å². The second kappa shape index (κ2) is 6.74. The van der Waals surface area contributed by atoms with E-state index in [1.165, 1.54) is 0 Å². The fourth-order valence-electron chi connectivity index (χ4n) is 4.06. The number of halogens is 3. The highest BCUT2D eigenvalue weighted by Gasteiger charge is 2.43. The number of amides is 1. The Morgan fingerprint density at radius 1 is 1.29 bits per heavy atom. The van der Waals surface area contributed by atoms with Crippen molar-refractivity contribution in [2.45, 2.75) is 58.0 Å². The third kappa shape index (κ3) is 3.37. The number of alkyl halides is 3. The first kappa shape index (κ1) is 19.2. The summed E-state index contributed by atoms with van der Waals surface area (Å²) in [5.74, 6) is 0.420. The Morgan fingerprint density at radius 3 is 2.46 bits per heavy atom. The fraction of sp³-hybridized carbons (Fsp3) is 0.650. The van der Waals surface area contributed by atoms with Crippen LogP contribution < -0.4 is 0 Å². The lowest BCUT2D eigenvalue weighted by atomic mass is 9.90. The van der Waals surface area contributed by atoms with Gasteiger partial charge in [0.15, 0.2) is 0 Å². The standard InChI is InChI=1S/C20H24F3N3O2/c1-10(2)15-9-14(20(21,22)23)16-17(25-28-18(16)24-15)12-4-6-26(7-5-12)19(27)13-8-11(13)3/h9-13H,4-8H2,1-3H3/t11-,13+/m1/s1. The van der Waals surface area contributed by atoms with E-state index in [0.29, 0.717) is 43.2 Å². The number of carbonyl (C=O) groups excluding carboxylic acids is 1. The van der Waals surface area contributed by atoms with Gasteiger partial charge in [0.2, 0.25) is 5.91 Å². The summed E-state index contributed by atoms with van der Waals surface area (Å²) in [6.07, 6.45) is -2.41. The van der Waals surface area contributed by atoms with Gasteiger partial charge in [-0.25, -0.2) is 4.98 Å². The molecular formula is C20H24F3N3O2. The van der Waals surface area contributed by atoms with Crippen molar-refractivity contribution in [3.8, 4) is 0 Å². The Labute approximate surface area is 161 Å². The summed E-state index contributed by atoms with van der Waals surface area (Å²) in [5.41, 5.74) is -0.139.